The summed E-state index contributed by atoms with van der Waals surface area (Å²) in [5, 5.41) is 13.8. The van der Waals surface area contributed by atoms with Crippen LogP contribution in [-0.4, -0.2) is 36.1 Å². The van der Waals surface area contributed by atoms with Crippen LogP contribution in [-0.2, 0) is 0 Å². The second-order valence-corrected chi connectivity index (χ2v) is 3.72. The van der Waals surface area contributed by atoms with Gasteiger partial charge >= 0.3 is 5.82 Å². The second-order valence-electron chi connectivity index (χ2n) is 3.72. The second kappa shape index (κ2) is 4.89. The highest BCUT2D eigenvalue weighted by molar-refractivity contribution is 5.46. The molecule has 0 saturated carbocycles. The van der Waals surface area contributed by atoms with Gasteiger partial charge in [-0.1, -0.05) is 0 Å². The maximum absolute atomic E-state index is 10.5. The maximum Gasteiger partial charge on any atom is 0.363 e. The zero-order valence-electron chi connectivity index (χ0n) is 8.93. The molecule has 0 atom stereocenters. The molecule has 1 aliphatic heterocycles. The van der Waals surface area contributed by atoms with Crippen LogP contribution in [0.5, 0.6) is 0 Å². The molecule has 0 amide bonds. The highest BCUT2D eigenvalue weighted by Gasteiger charge is 2.13. The summed E-state index contributed by atoms with van der Waals surface area (Å²) in [6.45, 7) is 3.85. The Hall–Kier alpha value is -1.69. The third-order valence-electron chi connectivity index (χ3n) is 2.62. The zero-order valence-corrected chi connectivity index (χ0v) is 8.93. The largest absolute Gasteiger partial charge is 0.367 e. The minimum atomic E-state index is -0.478. The first kappa shape index (κ1) is 10.8. The van der Waals surface area contributed by atoms with Gasteiger partial charge in [0.05, 0.1) is 5.69 Å². The van der Waals surface area contributed by atoms with Crippen molar-refractivity contribution < 1.29 is 4.92 Å². The lowest BCUT2D eigenvalue weighted by molar-refractivity contribution is -0.389. The Morgan fingerprint density at radius 2 is 2.25 bits per heavy atom. The highest BCUT2D eigenvalue weighted by atomic mass is 16.6. The van der Waals surface area contributed by atoms with Crippen LogP contribution >= 0.6 is 0 Å². The number of aromatic nitrogens is 1. The Morgan fingerprint density at radius 1 is 1.38 bits per heavy atom. The Morgan fingerprint density at radius 3 is 2.94 bits per heavy atom. The van der Waals surface area contributed by atoms with E-state index >= 15 is 0 Å². The van der Waals surface area contributed by atoms with Crippen molar-refractivity contribution >= 4 is 11.5 Å². The van der Waals surface area contributed by atoms with Gasteiger partial charge in [-0.25, -0.2) is 0 Å². The normalized spacial score (nSPS) is 16.9. The Kier molecular flexibility index (Phi) is 3.31. The van der Waals surface area contributed by atoms with Crippen LogP contribution in [0.4, 0.5) is 11.5 Å². The van der Waals surface area contributed by atoms with E-state index in [9.17, 15) is 10.1 Å². The van der Waals surface area contributed by atoms with Gasteiger partial charge in [0.25, 0.3) is 0 Å². The number of rotatable bonds is 2. The fraction of sp³-hybridized carbons (Fsp3) is 0.500. The minimum absolute atomic E-state index is 0.100. The van der Waals surface area contributed by atoms with E-state index in [1.54, 1.807) is 12.3 Å². The van der Waals surface area contributed by atoms with Crippen molar-refractivity contribution in [1.29, 1.82) is 0 Å². The van der Waals surface area contributed by atoms with Gasteiger partial charge in [-0.15, -0.1) is 0 Å². The van der Waals surface area contributed by atoms with Gasteiger partial charge in [-0.3, -0.25) is 0 Å². The van der Waals surface area contributed by atoms with Crippen LogP contribution in [0, 0.1) is 10.1 Å². The smallest absolute Gasteiger partial charge is 0.363 e. The summed E-state index contributed by atoms with van der Waals surface area (Å²) >= 11 is 0. The predicted octanol–water partition coefficient (Wildman–Crippen LogP) is 0.789. The van der Waals surface area contributed by atoms with Gasteiger partial charge in [0.2, 0.25) is 0 Å². The summed E-state index contributed by atoms with van der Waals surface area (Å²) in [6, 6.07) is 3.21. The maximum atomic E-state index is 10.5. The molecule has 0 radical (unpaired) electrons. The number of pyridine rings is 1. The molecule has 0 aliphatic carbocycles. The lowest BCUT2D eigenvalue weighted by Crippen LogP contribution is -2.27. The van der Waals surface area contributed by atoms with E-state index < -0.39 is 4.92 Å². The number of hydrogen-bond acceptors (Lipinski definition) is 5. The van der Waals surface area contributed by atoms with Crippen molar-refractivity contribution in [3.8, 4) is 0 Å². The summed E-state index contributed by atoms with van der Waals surface area (Å²) in [5.41, 5.74) is 0.953. The molecule has 1 saturated heterocycles. The van der Waals surface area contributed by atoms with E-state index in [0.29, 0.717) is 0 Å². The first-order valence-electron chi connectivity index (χ1n) is 5.33. The third kappa shape index (κ3) is 2.46. The van der Waals surface area contributed by atoms with E-state index in [4.69, 9.17) is 0 Å². The van der Waals surface area contributed by atoms with Gasteiger partial charge in [0, 0.05) is 25.7 Å². The Balaban J connectivity index is 2.10. The minimum Gasteiger partial charge on any atom is -0.367 e. The van der Waals surface area contributed by atoms with Crippen molar-refractivity contribution in [2.45, 2.75) is 6.42 Å². The molecular weight excluding hydrogens is 208 g/mol. The summed E-state index contributed by atoms with van der Waals surface area (Å²) in [6.07, 6.45) is 2.65. The monoisotopic (exact) mass is 222 g/mol. The van der Waals surface area contributed by atoms with Gasteiger partial charge in [-0.2, -0.15) is 0 Å². The molecule has 0 aromatic carbocycles. The average Bonchev–Trinajstić information content (AvgIpc) is 2.57. The molecule has 1 aliphatic rings. The molecule has 86 valence electrons. The average molecular weight is 222 g/mol. The SMILES string of the molecule is O=[N+]([O-])c1ccc(N2CCCNCC2)cn1. The fourth-order valence-corrected chi connectivity index (χ4v) is 1.78. The number of anilines is 1. The number of nitro groups is 1. The van der Waals surface area contributed by atoms with Gasteiger partial charge < -0.3 is 20.3 Å². The summed E-state index contributed by atoms with van der Waals surface area (Å²) < 4.78 is 0. The Labute approximate surface area is 93.4 Å². The molecule has 0 spiro atoms. The first-order chi connectivity index (χ1) is 7.77. The zero-order chi connectivity index (χ0) is 11.4. The van der Waals surface area contributed by atoms with Crippen LogP contribution < -0.4 is 10.2 Å². The summed E-state index contributed by atoms with van der Waals surface area (Å²) in [4.78, 5) is 16.0. The number of hydrogen-bond donors (Lipinski definition) is 1. The van der Waals surface area contributed by atoms with E-state index in [1.807, 2.05) is 0 Å². The number of nitrogens with zero attached hydrogens (tertiary/aromatic N) is 3. The molecular formula is C10H14N4O2. The molecule has 1 N–H and O–H groups in total. The summed E-state index contributed by atoms with van der Waals surface area (Å²) in [5.74, 6) is -0.100. The van der Waals surface area contributed by atoms with Crippen LogP contribution in [0.2, 0.25) is 0 Å². The molecule has 1 aromatic heterocycles. The molecule has 1 fully saturated rings. The topological polar surface area (TPSA) is 71.3 Å². The highest BCUT2D eigenvalue weighted by Crippen LogP contribution is 2.16. The molecule has 6 nitrogen and oxygen atoms in total. The van der Waals surface area contributed by atoms with Crippen molar-refractivity contribution in [1.82, 2.24) is 10.3 Å². The van der Waals surface area contributed by atoms with E-state index in [1.165, 1.54) is 6.07 Å². The van der Waals surface area contributed by atoms with Gasteiger partial charge in [-0.05, 0) is 28.9 Å². The van der Waals surface area contributed by atoms with Crippen LogP contribution in [0.1, 0.15) is 6.42 Å². The predicted molar refractivity (Wildman–Crippen MR) is 60.6 cm³/mol. The molecule has 6 heteroatoms. The molecule has 2 rings (SSSR count). The lowest BCUT2D eigenvalue weighted by atomic mass is 10.3. The fourth-order valence-electron chi connectivity index (χ4n) is 1.78. The molecule has 1 aromatic rings. The summed E-state index contributed by atoms with van der Waals surface area (Å²) in [7, 11) is 0. The van der Waals surface area contributed by atoms with Crippen LogP contribution in [0.3, 0.4) is 0 Å². The van der Waals surface area contributed by atoms with Gasteiger partial charge in [0.1, 0.15) is 0 Å². The van der Waals surface area contributed by atoms with Crippen molar-refractivity contribution in [2.24, 2.45) is 0 Å². The number of nitrogens with one attached hydrogen (secondary N) is 1. The molecule has 2 heterocycles. The van der Waals surface area contributed by atoms with E-state index in [-0.39, 0.29) is 5.82 Å². The van der Waals surface area contributed by atoms with Crippen molar-refractivity contribution in [2.75, 3.05) is 31.1 Å². The van der Waals surface area contributed by atoms with Crippen LogP contribution in [0.15, 0.2) is 18.3 Å². The first-order valence-corrected chi connectivity index (χ1v) is 5.33. The standard InChI is InChI=1S/C10H14N4O2/c15-14(16)10-3-2-9(8-12-10)13-6-1-4-11-5-7-13/h2-3,8,11H,1,4-7H2. The molecule has 16 heavy (non-hydrogen) atoms. The van der Waals surface area contributed by atoms with Gasteiger partial charge in [0.15, 0.2) is 6.20 Å². The van der Waals surface area contributed by atoms with Crippen molar-refractivity contribution in [3.05, 3.63) is 28.4 Å². The van der Waals surface area contributed by atoms with Crippen molar-refractivity contribution in [3.63, 3.8) is 0 Å². The molecule has 0 unspecified atom stereocenters. The molecule has 0 bridgehead atoms. The lowest BCUT2D eigenvalue weighted by Gasteiger charge is -2.20. The van der Waals surface area contributed by atoms with E-state index in [2.05, 4.69) is 15.2 Å². The van der Waals surface area contributed by atoms with Crippen LogP contribution in [0.25, 0.3) is 0 Å². The Bertz CT molecular complexity index is 358. The third-order valence-corrected chi connectivity index (χ3v) is 2.62. The van der Waals surface area contributed by atoms with E-state index in [0.717, 1.165) is 38.3 Å². The quantitative estimate of drug-likeness (QED) is 0.591.